The van der Waals surface area contributed by atoms with Crippen LogP contribution in [0.4, 0.5) is 5.82 Å². The minimum Gasteiger partial charge on any atom is -0.308 e. The molecule has 0 spiro atoms. The number of anilines is 1. The van der Waals surface area contributed by atoms with Gasteiger partial charge in [-0.3, -0.25) is 4.90 Å². The minimum atomic E-state index is 0.618. The third kappa shape index (κ3) is 4.53. The summed E-state index contributed by atoms with van der Waals surface area (Å²) in [5, 5.41) is 0. The topological polar surface area (TPSA) is 54.2 Å². The van der Waals surface area contributed by atoms with Crippen molar-refractivity contribution >= 4 is 17.6 Å². The Hall–Kier alpha value is -0.780. The van der Waals surface area contributed by atoms with Gasteiger partial charge in [-0.2, -0.15) is 11.8 Å². The molecule has 0 saturated carbocycles. The Morgan fingerprint density at radius 2 is 2.35 bits per heavy atom. The van der Waals surface area contributed by atoms with Gasteiger partial charge in [-0.25, -0.2) is 10.8 Å². The number of hydrogen-bond acceptors (Lipinski definition) is 5. The molecule has 1 atom stereocenters. The second-order valence-electron chi connectivity index (χ2n) is 4.13. The molecule has 0 aliphatic rings. The van der Waals surface area contributed by atoms with E-state index in [-0.39, 0.29) is 0 Å². The Morgan fingerprint density at radius 3 is 2.94 bits per heavy atom. The summed E-state index contributed by atoms with van der Waals surface area (Å²) < 4.78 is 0. The molecule has 0 saturated heterocycles. The highest BCUT2D eigenvalue weighted by Crippen LogP contribution is 2.13. The van der Waals surface area contributed by atoms with Gasteiger partial charge in [0.1, 0.15) is 5.82 Å². The monoisotopic (exact) mass is 254 g/mol. The molecule has 0 aliphatic carbocycles. The maximum atomic E-state index is 5.35. The zero-order chi connectivity index (χ0) is 12.7. The van der Waals surface area contributed by atoms with E-state index in [1.165, 1.54) is 17.7 Å². The summed E-state index contributed by atoms with van der Waals surface area (Å²) in [6.45, 7) is 3.16. The van der Waals surface area contributed by atoms with E-state index in [0.29, 0.717) is 11.9 Å². The van der Waals surface area contributed by atoms with Crippen LogP contribution in [0.5, 0.6) is 0 Å². The van der Waals surface area contributed by atoms with E-state index in [2.05, 4.69) is 35.5 Å². The van der Waals surface area contributed by atoms with Gasteiger partial charge < -0.3 is 5.43 Å². The Morgan fingerprint density at radius 1 is 1.59 bits per heavy atom. The summed E-state index contributed by atoms with van der Waals surface area (Å²) in [5.74, 6) is 7.24. The zero-order valence-electron chi connectivity index (χ0n) is 10.8. The Kier molecular flexibility index (Phi) is 6.32. The van der Waals surface area contributed by atoms with Crippen LogP contribution >= 0.6 is 11.8 Å². The van der Waals surface area contributed by atoms with Crippen molar-refractivity contribution in [3.05, 3.63) is 23.9 Å². The average Bonchev–Trinajstić information content (AvgIpc) is 2.36. The summed E-state index contributed by atoms with van der Waals surface area (Å²) in [4.78, 5) is 6.49. The smallest absolute Gasteiger partial charge is 0.140 e. The zero-order valence-corrected chi connectivity index (χ0v) is 11.6. The number of aromatic nitrogens is 1. The summed E-state index contributed by atoms with van der Waals surface area (Å²) >= 11 is 1.89. The van der Waals surface area contributed by atoms with Gasteiger partial charge in [0.2, 0.25) is 0 Å². The van der Waals surface area contributed by atoms with Gasteiger partial charge in [-0.1, -0.05) is 6.92 Å². The molecule has 96 valence electrons. The second kappa shape index (κ2) is 7.53. The predicted octanol–water partition coefficient (Wildman–Crippen LogP) is 1.94. The van der Waals surface area contributed by atoms with Crippen molar-refractivity contribution in [2.45, 2.75) is 25.9 Å². The standard InChI is InChI=1S/C12H22N4S/c1-4-11(9-17-3)16(2)8-10-5-6-14-12(7-10)15-13/h5-7,11H,4,8-9,13H2,1-3H3,(H,14,15). The third-order valence-electron chi connectivity index (χ3n) is 2.86. The van der Waals surface area contributed by atoms with Gasteiger partial charge in [-0.15, -0.1) is 0 Å². The van der Waals surface area contributed by atoms with Crippen LogP contribution in [0.25, 0.3) is 0 Å². The first-order valence-electron chi connectivity index (χ1n) is 5.82. The quantitative estimate of drug-likeness (QED) is 0.575. The normalized spacial score (nSPS) is 12.8. The first-order chi connectivity index (χ1) is 8.21. The van der Waals surface area contributed by atoms with Gasteiger partial charge in [0.15, 0.2) is 0 Å². The van der Waals surface area contributed by atoms with E-state index < -0.39 is 0 Å². The lowest BCUT2D eigenvalue weighted by atomic mass is 10.2. The Balaban J connectivity index is 2.62. The summed E-state index contributed by atoms with van der Waals surface area (Å²) in [6, 6.07) is 4.64. The molecular formula is C12H22N4S. The van der Waals surface area contributed by atoms with Crippen molar-refractivity contribution in [2.75, 3.05) is 24.5 Å². The molecule has 5 heteroatoms. The van der Waals surface area contributed by atoms with Crippen molar-refractivity contribution in [1.29, 1.82) is 0 Å². The third-order valence-corrected chi connectivity index (χ3v) is 3.58. The molecule has 1 heterocycles. The van der Waals surface area contributed by atoms with Crippen LogP contribution in [0.3, 0.4) is 0 Å². The molecule has 0 amide bonds. The number of hydrogen-bond donors (Lipinski definition) is 2. The van der Waals surface area contributed by atoms with Crippen molar-refractivity contribution in [1.82, 2.24) is 9.88 Å². The number of hydrazine groups is 1. The lowest BCUT2D eigenvalue weighted by molar-refractivity contribution is 0.248. The molecule has 3 N–H and O–H groups in total. The number of pyridine rings is 1. The molecule has 1 aromatic heterocycles. The fourth-order valence-corrected chi connectivity index (χ4v) is 2.69. The molecule has 0 aliphatic heterocycles. The predicted molar refractivity (Wildman–Crippen MR) is 76.0 cm³/mol. The van der Waals surface area contributed by atoms with Crippen molar-refractivity contribution < 1.29 is 0 Å². The maximum absolute atomic E-state index is 5.35. The van der Waals surface area contributed by atoms with Gasteiger partial charge >= 0.3 is 0 Å². The number of nitrogens with two attached hydrogens (primary N) is 1. The van der Waals surface area contributed by atoms with Gasteiger partial charge in [0.05, 0.1) is 0 Å². The van der Waals surface area contributed by atoms with E-state index in [0.717, 1.165) is 6.54 Å². The highest BCUT2D eigenvalue weighted by Gasteiger charge is 2.12. The van der Waals surface area contributed by atoms with E-state index in [9.17, 15) is 0 Å². The molecule has 17 heavy (non-hydrogen) atoms. The number of nitrogens with one attached hydrogen (secondary N) is 1. The summed E-state index contributed by atoms with van der Waals surface area (Å²) in [7, 11) is 2.17. The van der Waals surface area contributed by atoms with Crippen LogP contribution in [0.15, 0.2) is 18.3 Å². The lowest BCUT2D eigenvalue weighted by Gasteiger charge is -2.26. The number of rotatable bonds is 7. The van der Waals surface area contributed by atoms with Crippen molar-refractivity contribution in [3.8, 4) is 0 Å². The van der Waals surface area contributed by atoms with Gasteiger partial charge in [-0.05, 0) is 37.4 Å². The van der Waals surface area contributed by atoms with Crippen LogP contribution in [0.1, 0.15) is 18.9 Å². The molecule has 1 unspecified atom stereocenters. The van der Waals surface area contributed by atoms with E-state index in [1.54, 1.807) is 6.20 Å². The molecule has 0 aromatic carbocycles. The fourth-order valence-electron chi connectivity index (χ4n) is 1.82. The molecule has 0 bridgehead atoms. The maximum Gasteiger partial charge on any atom is 0.140 e. The summed E-state index contributed by atoms with van der Waals surface area (Å²) in [6.07, 6.45) is 5.11. The molecule has 1 aromatic rings. The largest absolute Gasteiger partial charge is 0.308 e. The number of nitrogen functional groups attached to an aromatic ring is 1. The van der Waals surface area contributed by atoms with Crippen LogP contribution in [-0.2, 0) is 6.54 Å². The van der Waals surface area contributed by atoms with Crippen LogP contribution < -0.4 is 11.3 Å². The average molecular weight is 254 g/mol. The highest BCUT2D eigenvalue weighted by molar-refractivity contribution is 7.98. The first kappa shape index (κ1) is 14.3. The Bertz CT molecular complexity index is 332. The van der Waals surface area contributed by atoms with Crippen molar-refractivity contribution in [3.63, 3.8) is 0 Å². The molecule has 0 radical (unpaired) electrons. The Labute approximate surface area is 108 Å². The van der Waals surface area contributed by atoms with E-state index in [4.69, 9.17) is 5.84 Å². The number of nitrogens with zero attached hydrogens (tertiary/aromatic N) is 2. The van der Waals surface area contributed by atoms with Crippen molar-refractivity contribution in [2.24, 2.45) is 5.84 Å². The molecule has 1 rings (SSSR count). The van der Waals surface area contributed by atoms with Gasteiger partial charge in [0, 0.05) is 24.5 Å². The van der Waals surface area contributed by atoms with E-state index in [1.807, 2.05) is 23.9 Å². The minimum absolute atomic E-state index is 0.618. The van der Waals surface area contributed by atoms with Gasteiger partial charge in [0.25, 0.3) is 0 Å². The molecule has 0 fully saturated rings. The van der Waals surface area contributed by atoms with Crippen LogP contribution in [0.2, 0.25) is 0 Å². The van der Waals surface area contributed by atoms with Crippen LogP contribution in [0, 0.1) is 0 Å². The molecular weight excluding hydrogens is 232 g/mol. The van der Waals surface area contributed by atoms with E-state index >= 15 is 0 Å². The van der Waals surface area contributed by atoms with Crippen LogP contribution in [-0.4, -0.2) is 35.0 Å². The summed E-state index contributed by atoms with van der Waals surface area (Å²) in [5.41, 5.74) is 3.81. The number of thioether (sulfide) groups is 1. The highest BCUT2D eigenvalue weighted by atomic mass is 32.2. The second-order valence-corrected chi connectivity index (χ2v) is 5.04. The fraction of sp³-hybridized carbons (Fsp3) is 0.583. The SMILES string of the molecule is CCC(CSC)N(C)Cc1ccnc(NN)c1. The first-order valence-corrected chi connectivity index (χ1v) is 7.21. The molecule has 4 nitrogen and oxygen atoms in total. The lowest BCUT2D eigenvalue weighted by Crippen LogP contribution is -2.32.